The van der Waals surface area contributed by atoms with Gasteiger partial charge in [0.2, 0.25) is 0 Å². The lowest BCUT2D eigenvalue weighted by Crippen LogP contribution is -2.34. The van der Waals surface area contributed by atoms with Crippen molar-refractivity contribution in [3.05, 3.63) is 25.3 Å². The van der Waals surface area contributed by atoms with Gasteiger partial charge in [0.1, 0.15) is 55.6 Å². The summed E-state index contributed by atoms with van der Waals surface area (Å²) in [6.45, 7) is -5.37. The fraction of sp³-hybridized carbons (Fsp3) is 0.500. The molecule has 10 atom stereocenters. The Balaban J connectivity index is 1.20. The Kier molecular flexibility index (Phi) is 7.43. The Hall–Kier alpha value is -2.78. The normalized spacial score (nSPS) is 38.3. The second kappa shape index (κ2) is 10.9. The van der Waals surface area contributed by atoms with E-state index in [1.54, 1.807) is 0 Å². The molecule has 0 spiro atoms. The molecule has 0 saturated carbocycles. The number of nitrogens with two attached hydrogens (primary N) is 2. The number of fused-ring (bicyclic) bond motifs is 5. The van der Waals surface area contributed by atoms with Gasteiger partial charge in [-0.3, -0.25) is 13.7 Å². The number of aromatic nitrogens is 8. The number of rotatable bonds is 2. The summed E-state index contributed by atoms with van der Waals surface area (Å²) in [7, 11) is -5.14. The maximum Gasteiger partial charge on any atom is 0.325 e. The highest BCUT2D eigenvalue weighted by atomic mass is 32.5. The molecule has 3 aliphatic rings. The first-order valence-electron chi connectivity index (χ1n) is 12.5. The van der Waals surface area contributed by atoms with Crippen LogP contribution in [0.5, 0.6) is 0 Å². The van der Waals surface area contributed by atoms with Crippen LogP contribution in [0.3, 0.4) is 0 Å². The van der Waals surface area contributed by atoms with Crippen LogP contribution in [-0.4, -0.2) is 101 Å². The highest BCUT2D eigenvalue weighted by Crippen LogP contribution is 2.54. The monoisotopic (exact) mass is 675 g/mol. The predicted octanol–water partition coefficient (Wildman–Crippen LogP) is -0.191. The minimum absolute atomic E-state index is 0.0717. The topological polar surface area (TPSA) is 232 Å². The predicted molar refractivity (Wildman–Crippen MR) is 153 cm³/mol. The quantitative estimate of drug-likeness (QED) is 0.185. The Labute approximate surface area is 251 Å². The van der Waals surface area contributed by atoms with Crippen molar-refractivity contribution in [1.82, 2.24) is 39.0 Å². The third-order valence-corrected chi connectivity index (χ3v) is 9.40. The maximum absolute atomic E-state index is 16.0. The minimum Gasteiger partial charge on any atom is -0.382 e. The largest absolute Gasteiger partial charge is 0.382 e. The second-order valence-electron chi connectivity index (χ2n) is 9.61. The number of hydrogen-bond donors (Lipinski definition) is 3. The van der Waals surface area contributed by atoms with Crippen LogP contribution in [0.1, 0.15) is 12.5 Å². The summed E-state index contributed by atoms with van der Waals surface area (Å²) >= 11 is 5.16. The van der Waals surface area contributed by atoms with Crippen molar-refractivity contribution >= 4 is 67.5 Å². The van der Waals surface area contributed by atoms with Gasteiger partial charge in [0.05, 0.1) is 33.4 Å². The van der Waals surface area contributed by atoms with Crippen molar-refractivity contribution in [2.45, 2.75) is 49.2 Å². The summed E-state index contributed by atoms with van der Waals surface area (Å²) in [6, 6.07) is 0. The second-order valence-corrected chi connectivity index (χ2v) is 13.3. The standard InChI is InChI=1S/C20H24BF2N10O8P2S/c21-42(34)36-2-8-13(10(23)19(39-8)32-5-30-11-15(24)26-3-28-17(11)32)41-43(35,44)37-1-7-9(22)14(40-42)20(38-7)33-6-31-12-16(25)27-4-29-18(12)33/h3-10,13-14,19-20H,1-2H2,21H3,(H,35,44)(H2,24,26,28)(H2,25,27,29)/q-1/t7-,8-,9-,10-,13-,14-,19-,20-,42?,43?/m1/s1. The van der Waals surface area contributed by atoms with Gasteiger partial charge in [-0.05, 0) is 11.8 Å². The first-order chi connectivity index (χ1) is 20.9. The van der Waals surface area contributed by atoms with Crippen molar-refractivity contribution < 1.29 is 45.8 Å². The van der Waals surface area contributed by atoms with E-state index in [4.69, 9.17) is 50.8 Å². The van der Waals surface area contributed by atoms with Gasteiger partial charge in [0.25, 0.3) is 0 Å². The number of alkyl halides is 2. The number of halogens is 2. The molecule has 44 heavy (non-hydrogen) atoms. The number of imidazole rings is 2. The molecule has 0 aliphatic carbocycles. The Morgan fingerprint density at radius 2 is 1.41 bits per heavy atom. The average molecular weight is 675 g/mol. The fourth-order valence-electron chi connectivity index (χ4n) is 5.07. The molecule has 3 fully saturated rings. The van der Waals surface area contributed by atoms with Crippen LogP contribution in [0.2, 0.25) is 0 Å². The molecule has 2 bridgehead atoms. The van der Waals surface area contributed by atoms with Crippen molar-refractivity contribution in [3.63, 3.8) is 0 Å². The van der Waals surface area contributed by atoms with E-state index < -0.39 is 84.2 Å². The van der Waals surface area contributed by atoms with Crippen LogP contribution in [0.15, 0.2) is 25.3 Å². The molecule has 3 saturated heterocycles. The molecule has 3 aliphatic heterocycles. The van der Waals surface area contributed by atoms with Crippen molar-refractivity contribution in [3.8, 4) is 0 Å². The van der Waals surface area contributed by atoms with Gasteiger partial charge in [-0.2, -0.15) is 0 Å². The lowest BCUT2D eigenvalue weighted by atomic mass is 10.1. The van der Waals surface area contributed by atoms with Gasteiger partial charge in [-0.25, -0.2) is 38.7 Å². The molecule has 18 nitrogen and oxygen atoms in total. The van der Waals surface area contributed by atoms with E-state index in [-0.39, 0.29) is 34.0 Å². The van der Waals surface area contributed by atoms with Gasteiger partial charge in [0.15, 0.2) is 47.7 Å². The molecular formula is C20H24BF2N10O8P2S-. The molecule has 0 radical (unpaired) electrons. The number of hydrogen-bond acceptors (Lipinski definition) is 16. The van der Waals surface area contributed by atoms with Crippen LogP contribution in [-0.2, 0) is 43.9 Å². The van der Waals surface area contributed by atoms with Gasteiger partial charge in [0, 0.05) is 0 Å². The Morgan fingerprint density at radius 1 is 0.841 bits per heavy atom. The molecule has 0 amide bonds. The zero-order valence-corrected chi connectivity index (χ0v) is 24.0. The molecule has 7 rings (SSSR count). The first kappa shape index (κ1) is 29.9. The molecule has 236 valence electrons. The third-order valence-electron chi connectivity index (χ3n) is 7.06. The van der Waals surface area contributed by atoms with Gasteiger partial charge >= 0.3 is 6.72 Å². The Bertz CT molecular complexity index is 1840. The minimum atomic E-state index is -4.25. The summed E-state index contributed by atoms with van der Waals surface area (Å²) in [5, 5.41) is 0. The van der Waals surface area contributed by atoms with Crippen LogP contribution < -0.4 is 11.5 Å². The van der Waals surface area contributed by atoms with Crippen molar-refractivity contribution in [2.24, 2.45) is 0 Å². The molecule has 0 aromatic carbocycles. The zero-order valence-electron chi connectivity index (χ0n) is 21.4. The van der Waals surface area contributed by atoms with Gasteiger partial charge in [-0.1, -0.05) is 0 Å². The van der Waals surface area contributed by atoms with E-state index >= 15 is 8.78 Å². The molecule has 4 aromatic rings. The summed E-state index contributed by atoms with van der Waals surface area (Å²) in [5.74, 6) is 0.154. The Morgan fingerprint density at radius 3 is 2.05 bits per heavy atom. The van der Waals surface area contributed by atoms with E-state index in [2.05, 4.69) is 29.9 Å². The molecular weight excluding hydrogens is 651 g/mol. The van der Waals surface area contributed by atoms with Crippen LogP contribution in [0.4, 0.5) is 20.4 Å². The number of nitrogens with zero attached hydrogens (tertiary/aromatic N) is 8. The summed E-state index contributed by atoms with van der Waals surface area (Å²) in [6.07, 6.45) is -7.26. The van der Waals surface area contributed by atoms with E-state index in [0.29, 0.717) is 0 Å². The van der Waals surface area contributed by atoms with E-state index in [0.717, 1.165) is 0 Å². The van der Waals surface area contributed by atoms with Crippen LogP contribution in [0, 0.1) is 0 Å². The van der Waals surface area contributed by atoms with Crippen molar-refractivity contribution in [2.75, 3.05) is 24.7 Å². The van der Waals surface area contributed by atoms with E-state index in [9.17, 15) is 9.46 Å². The van der Waals surface area contributed by atoms with Gasteiger partial charge in [-0.15, -0.1) is 0 Å². The highest BCUT2D eigenvalue weighted by Gasteiger charge is 2.53. The maximum atomic E-state index is 16.0. The van der Waals surface area contributed by atoms with Crippen LogP contribution in [0.25, 0.3) is 22.3 Å². The average Bonchev–Trinajstić information content (AvgIpc) is 3.73. The molecule has 24 heteroatoms. The SMILES string of the molecule is [BH3-]P1(=O)OC[C@H]2O[C@@H](n3cnc4c(N)ncnc43)[C@H](F)[C@@H]2OP(O)(=S)OC[C@H]2O[C@@H](n3cnc4c(N)ncnc43)[C@H](O1)[C@@H]2F. The molecule has 2 unspecified atom stereocenters. The van der Waals surface area contributed by atoms with E-state index in [1.165, 1.54) is 34.4 Å². The van der Waals surface area contributed by atoms with E-state index in [1.807, 2.05) is 0 Å². The molecule has 5 N–H and O–H groups in total. The zero-order chi connectivity index (χ0) is 31.0. The van der Waals surface area contributed by atoms with Gasteiger partial charge < -0.3 is 44.0 Å². The lowest BCUT2D eigenvalue weighted by Gasteiger charge is -2.29. The number of anilines is 2. The number of ether oxygens (including phenoxy) is 2. The summed E-state index contributed by atoms with van der Waals surface area (Å²) < 4.78 is 82.6. The third kappa shape index (κ3) is 5.18. The highest BCUT2D eigenvalue weighted by molar-refractivity contribution is 8.07. The molecule has 4 aromatic heterocycles. The fourth-order valence-corrected chi connectivity index (χ4v) is 7.26. The summed E-state index contributed by atoms with van der Waals surface area (Å²) in [5.41, 5.74) is 12.6. The van der Waals surface area contributed by atoms with Crippen LogP contribution >= 0.6 is 14.2 Å². The first-order valence-corrected chi connectivity index (χ1v) is 16.2. The molecule has 7 heterocycles. The number of nitrogen functional groups attached to an aromatic ring is 2. The summed E-state index contributed by atoms with van der Waals surface area (Å²) in [4.78, 5) is 35.3. The lowest BCUT2D eigenvalue weighted by molar-refractivity contribution is -0.0580. The van der Waals surface area contributed by atoms with Crippen molar-refractivity contribution in [1.29, 1.82) is 0 Å². The smallest absolute Gasteiger partial charge is 0.325 e.